The van der Waals surface area contributed by atoms with Crippen LogP contribution in [0.2, 0.25) is 0 Å². The Bertz CT molecular complexity index is 1350. The minimum Gasteiger partial charge on any atom is -0.493 e. The maximum Gasteiger partial charge on any atom is 0.251 e. The average molecular weight is 533 g/mol. The van der Waals surface area contributed by atoms with Gasteiger partial charge in [-0.25, -0.2) is 9.37 Å². The summed E-state index contributed by atoms with van der Waals surface area (Å²) in [4.78, 5) is 19.5. The van der Waals surface area contributed by atoms with Gasteiger partial charge in [0, 0.05) is 37.3 Å². The molecule has 0 spiro atoms. The van der Waals surface area contributed by atoms with Gasteiger partial charge in [-0.1, -0.05) is 0 Å². The van der Waals surface area contributed by atoms with Crippen molar-refractivity contribution < 1.29 is 23.4 Å². The molecule has 4 aromatic rings. The van der Waals surface area contributed by atoms with Crippen LogP contribution in [0, 0.1) is 5.82 Å². The van der Waals surface area contributed by atoms with E-state index in [2.05, 4.69) is 15.2 Å². The Labute approximate surface area is 227 Å². The molecule has 1 aromatic heterocycles. The van der Waals surface area contributed by atoms with E-state index in [0.717, 1.165) is 61.7 Å². The van der Waals surface area contributed by atoms with Crippen molar-refractivity contribution in [3.63, 3.8) is 0 Å². The standard InChI is InChI=1S/C30H33FN4O4/c31-24-4-8-26(9-5-24)38-17-2-18-39-27-10-6-25(7-11-27)35-22-33-28-21-23(3-12-29(28)35)30(36)32-13-1-14-34-15-19-37-20-16-34/h3-12,21-22H,1-2,13-20H2,(H,32,36). The highest BCUT2D eigenvalue weighted by molar-refractivity contribution is 5.97. The molecule has 3 aromatic carbocycles. The van der Waals surface area contributed by atoms with Crippen molar-refractivity contribution in [2.24, 2.45) is 0 Å². The molecule has 8 nitrogen and oxygen atoms in total. The van der Waals surface area contributed by atoms with Gasteiger partial charge in [0.25, 0.3) is 5.91 Å². The number of ether oxygens (including phenoxy) is 3. The van der Waals surface area contributed by atoms with E-state index in [1.54, 1.807) is 18.5 Å². The Morgan fingerprint density at radius 3 is 2.33 bits per heavy atom. The van der Waals surface area contributed by atoms with Gasteiger partial charge in [-0.3, -0.25) is 14.3 Å². The van der Waals surface area contributed by atoms with Crippen LogP contribution >= 0.6 is 0 Å². The Balaban J connectivity index is 1.09. The summed E-state index contributed by atoms with van der Waals surface area (Å²) in [6.45, 7) is 6.08. The summed E-state index contributed by atoms with van der Waals surface area (Å²) in [5, 5.41) is 3.02. The molecule has 0 bridgehead atoms. The van der Waals surface area contributed by atoms with Crippen molar-refractivity contribution in [1.29, 1.82) is 0 Å². The van der Waals surface area contributed by atoms with Gasteiger partial charge in [-0.2, -0.15) is 0 Å². The normalized spacial score (nSPS) is 13.9. The molecule has 1 N–H and O–H groups in total. The topological polar surface area (TPSA) is 77.9 Å². The van der Waals surface area contributed by atoms with Crippen LogP contribution in [0.3, 0.4) is 0 Å². The Hall–Kier alpha value is -3.95. The summed E-state index contributed by atoms with van der Waals surface area (Å²) in [6.07, 6.45) is 3.37. The number of carbonyl (C=O) groups is 1. The third kappa shape index (κ3) is 7.34. The van der Waals surface area contributed by atoms with Crippen molar-refractivity contribution in [1.82, 2.24) is 19.8 Å². The van der Waals surface area contributed by atoms with Gasteiger partial charge in [-0.15, -0.1) is 0 Å². The summed E-state index contributed by atoms with van der Waals surface area (Å²) >= 11 is 0. The minimum absolute atomic E-state index is 0.0852. The lowest BCUT2D eigenvalue weighted by atomic mass is 10.2. The quantitative estimate of drug-likeness (QED) is 0.272. The lowest BCUT2D eigenvalue weighted by Crippen LogP contribution is -2.38. The second kappa shape index (κ2) is 13.2. The van der Waals surface area contributed by atoms with E-state index in [-0.39, 0.29) is 11.7 Å². The van der Waals surface area contributed by atoms with Crippen LogP contribution in [0.5, 0.6) is 11.5 Å². The monoisotopic (exact) mass is 532 g/mol. The molecule has 1 amide bonds. The van der Waals surface area contributed by atoms with Crippen LogP contribution in [0.25, 0.3) is 16.7 Å². The molecule has 1 aliphatic heterocycles. The average Bonchev–Trinajstić information content (AvgIpc) is 3.40. The maximum absolute atomic E-state index is 13.0. The van der Waals surface area contributed by atoms with E-state index in [9.17, 15) is 9.18 Å². The molecule has 1 aliphatic rings. The van der Waals surface area contributed by atoms with Crippen molar-refractivity contribution in [3.8, 4) is 17.2 Å². The van der Waals surface area contributed by atoms with Crippen LogP contribution < -0.4 is 14.8 Å². The second-order valence-corrected chi connectivity index (χ2v) is 9.38. The number of morpholine rings is 1. The van der Waals surface area contributed by atoms with Crippen LogP contribution in [-0.2, 0) is 4.74 Å². The zero-order chi connectivity index (χ0) is 26.9. The van der Waals surface area contributed by atoms with Gasteiger partial charge >= 0.3 is 0 Å². The fraction of sp³-hybridized carbons (Fsp3) is 0.333. The highest BCUT2D eigenvalue weighted by atomic mass is 19.1. The third-order valence-electron chi connectivity index (χ3n) is 6.60. The molecular formula is C30H33FN4O4. The summed E-state index contributed by atoms with van der Waals surface area (Å²) in [5.41, 5.74) is 3.24. The number of fused-ring (bicyclic) bond motifs is 1. The van der Waals surface area contributed by atoms with Gasteiger partial charge in [-0.05, 0) is 79.7 Å². The number of nitrogens with one attached hydrogen (secondary N) is 1. The van der Waals surface area contributed by atoms with Crippen molar-refractivity contribution in [3.05, 3.63) is 84.4 Å². The summed E-state index contributed by atoms with van der Waals surface area (Å²) in [5.74, 6) is 1.03. The van der Waals surface area contributed by atoms with Crippen molar-refractivity contribution in [2.75, 3.05) is 52.6 Å². The Morgan fingerprint density at radius 2 is 1.62 bits per heavy atom. The smallest absolute Gasteiger partial charge is 0.251 e. The number of hydrogen-bond donors (Lipinski definition) is 1. The van der Waals surface area contributed by atoms with E-state index in [1.165, 1.54) is 12.1 Å². The number of imidazole rings is 1. The molecule has 1 saturated heterocycles. The van der Waals surface area contributed by atoms with E-state index in [0.29, 0.717) is 37.5 Å². The molecule has 5 rings (SSSR count). The first-order chi connectivity index (χ1) is 19.2. The van der Waals surface area contributed by atoms with Crippen LogP contribution in [0.1, 0.15) is 23.2 Å². The zero-order valence-electron chi connectivity index (χ0n) is 21.9. The zero-order valence-corrected chi connectivity index (χ0v) is 21.9. The molecule has 0 radical (unpaired) electrons. The van der Waals surface area contributed by atoms with E-state index in [4.69, 9.17) is 14.2 Å². The Morgan fingerprint density at radius 1 is 0.923 bits per heavy atom. The SMILES string of the molecule is O=C(NCCCN1CCOCC1)c1ccc2c(c1)ncn2-c1ccc(OCCCOc2ccc(F)cc2)cc1. The van der Waals surface area contributed by atoms with Gasteiger partial charge in [0.2, 0.25) is 0 Å². The summed E-state index contributed by atoms with van der Waals surface area (Å²) < 4.78 is 31.7. The van der Waals surface area contributed by atoms with Crippen LogP contribution in [-0.4, -0.2) is 73.0 Å². The van der Waals surface area contributed by atoms with Gasteiger partial charge in [0.1, 0.15) is 23.6 Å². The number of carbonyl (C=O) groups excluding carboxylic acids is 1. The third-order valence-corrected chi connectivity index (χ3v) is 6.60. The van der Waals surface area contributed by atoms with Gasteiger partial charge < -0.3 is 19.5 Å². The molecule has 0 saturated carbocycles. The molecule has 0 aliphatic carbocycles. The number of nitrogens with zero attached hydrogens (tertiary/aromatic N) is 3. The van der Waals surface area contributed by atoms with Crippen LogP contribution in [0.4, 0.5) is 4.39 Å². The van der Waals surface area contributed by atoms with Crippen LogP contribution in [0.15, 0.2) is 73.1 Å². The lowest BCUT2D eigenvalue weighted by molar-refractivity contribution is 0.0374. The number of benzene rings is 3. The molecule has 204 valence electrons. The fourth-order valence-electron chi connectivity index (χ4n) is 4.46. The van der Waals surface area contributed by atoms with Crippen molar-refractivity contribution in [2.45, 2.75) is 12.8 Å². The molecule has 0 unspecified atom stereocenters. The molecule has 2 heterocycles. The van der Waals surface area contributed by atoms with E-state index < -0.39 is 0 Å². The number of aromatic nitrogens is 2. The highest BCUT2D eigenvalue weighted by Gasteiger charge is 2.12. The highest BCUT2D eigenvalue weighted by Crippen LogP contribution is 2.22. The summed E-state index contributed by atoms with van der Waals surface area (Å²) in [6, 6.07) is 19.3. The first-order valence-corrected chi connectivity index (χ1v) is 13.3. The second-order valence-electron chi connectivity index (χ2n) is 9.38. The first-order valence-electron chi connectivity index (χ1n) is 13.3. The number of halogens is 1. The first kappa shape index (κ1) is 26.6. The lowest BCUT2D eigenvalue weighted by Gasteiger charge is -2.26. The maximum atomic E-state index is 13.0. The molecular weight excluding hydrogens is 499 g/mol. The summed E-state index contributed by atoms with van der Waals surface area (Å²) in [7, 11) is 0. The van der Waals surface area contributed by atoms with Gasteiger partial charge in [0.05, 0.1) is 37.5 Å². The number of hydrogen-bond acceptors (Lipinski definition) is 6. The molecule has 0 atom stereocenters. The fourth-order valence-corrected chi connectivity index (χ4v) is 4.46. The molecule has 9 heteroatoms. The van der Waals surface area contributed by atoms with Gasteiger partial charge in [0.15, 0.2) is 0 Å². The molecule has 39 heavy (non-hydrogen) atoms. The number of amides is 1. The van der Waals surface area contributed by atoms with E-state index in [1.807, 2.05) is 47.0 Å². The van der Waals surface area contributed by atoms with Crippen molar-refractivity contribution >= 4 is 16.9 Å². The largest absolute Gasteiger partial charge is 0.493 e. The minimum atomic E-state index is -0.281. The predicted octanol–water partition coefficient (Wildman–Crippen LogP) is 4.46. The molecule has 1 fully saturated rings. The van der Waals surface area contributed by atoms with E-state index >= 15 is 0 Å². The number of rotatable bonds is 12. The predicted molar refractivity (Wildman–Crippen MR) is 147 cm³/mol. The Kier molecular flexibility index (Phi) is 9.03.